The van der Waals surface area contributed by atoms with Crippen molar-refractivity contribution < 1.29 is 13.5 Å². The minimum absolute atomic E-state index is 0.186. The lowest BCUT2D eigenvalue weighted by atomic mass is 10.2. The quantitative estimate of drug-likeness (QED) is 0.655. The van der Waals surface area contributed by atoms with Gasteiger partial charge in [0.15, 0.2) is 0 Å². The summed E-state index contributed by atoms with van der Waals surface area (Å²) in [6.07, 6.45) is 0. The SMILES string of the molecule is CC(C)n1c(COc2ccc(F)cc2)cc2ccc(F)cc21. The van der Waals surface area contributed by atoms with Crippen LogP contribution in [0.3, 0.4) is 0 Å². The maximum atomic E-state index is 13.5. The Bertz CT molecular complexity index is 791. The fourth-order valence-electron chi connectivity index (χ4n) is 2.66. The van der Waals surface area contributed by atoms with Crippen molar-refractivity contribution in [2.75, 3.05) is 0 Å². The third kappa shape index (κ3) is 2.82. The highest BCUT2D eigenvalue weighted by molar-refractivity contribution is 5.81. The van der Waals surface area contributed by atoms with E-state index < -0.39 is 0 Å². The van der Waals surface area contributed by atoms with E-state index in [1.54, 1.807) is 18.2 Å². The first kappa shape index (κ1) is 14.6. The average Bonchev–Trinajstić information content (AvgIpc) is 2.84. The molecule has 0 aliphatic carbocycles. The molecule has 0 bridgehead atoms. The molecular formula is C18H17F2NO. The van der Waals surface area contributed by atoms with Crippen LogP contribution in [0.5, 0.6) is 5.75 Å². The van der Waals surface area contributed by atoms with Crippen molar-refractivity contribution in [2.24, 2.45) is 0 Å². The van der Waals surface area contributed by atoms with Gasteiger partial charge < -0.3 is 9.30 Å². The van der Waals surface area contributed by atoms with E-state index in [0.717, 1.165) is 16.6 Å². The molecule has 3 rings (SSSR count). The van der Waals surface area contributed by atoms with Gasteiger partial charge >= 0.3 is 0 Å². The molecule has 22 heavy (non-hydrogen) atoms. The molecule has 1 heterocycles. The van der Waals surface area contributed by atoms with E-state index in [1.807, 2.05) is 19.9 Å². The first-order valence-electron chi connectivity index (χ1n) is 7.22. The third-order valence-corrected chi connectivity index (χ3v) is 3.60. The zero-order chi connectivity index (χ0) is 15.7. The predicted octanol–water partition coefficient (Wildman–Crippen LogP) is 5.08. The van der Waals surface area contributed by atoms with Gasteiger partial charge in [-0.15, -0.1) is 0 Å². The maximum absolute atomic E-state index is 13.5. The second-order valence-electron chi connectivity index (χ2n) is 5.55. The van der Waals surface area contributed by atoms with Gasteiger partial charge in [-0.25, -0.2) is 8.78 Å². The fraction of sp³-hybridized carbons (Fsp3) is 0.222. The smallest absolute Gasteiger partial charge is 0.128 e. The van der Waals surface area contributed by atoms with Crippen molar-refractivity contribution in [1.29, 1.82) is 0 Å². The van der Waals surface area contributed by atoms with Crippen LogP contribution in [0.4, 0.5) is 8.78 Å². The van der Waals surface area contributed by atoms with E-state index >= 15 is 0 Å². The number of nitrogens with zero attached hydrogens (tertiary/aromatic N) is 1. The molecule has 4 heteroatoms. The summed E-state index contributed by atoms with van der Waals surface area (Å²) in [4.78, 5) is 0. The van der Waals surface area contributed by atoms with Crippen LogP contribution >= 0.6 is 0 Å². The van der Waals surface area contributed by atoms with E-state index in [0.29, 0.717) is 12.4 Å². The molecule has 2 nitrogen and oxygen atoms in total. The Morgan fingerprint density at radius 1 is 0.955 bits per heavy atom. The van der Waals surface area contributed by atoms with Gasteiger partial charge in [-0.1, -0.05) is 0 Å². The number of hydrogen-bond acceptors (Lipinski definition) is 1. The Hall–Kier alpha value is -2.36. The Labute approximate surface area is 127 Å². The van der Waals surface area contributed by atoms with E-state index in [4.69, 9.17) is 4.74 Å². The van der Waals surface area contributed by atoms with Crippen molar-refractivity contribution in [3.63, 3.8) is 0 Å². The summed E-state index contributed by atoms with van der Waals surface area (Å²) in [6.45, 7) is 4.44. The van der Waals surface area contributed by atoms with Gasteiger partial charge in [-0.05, 0) is 62.4 Å². The van der Waals surface area contributed by atoms with E-state index in [9.17, 15) is 8.78 Å². The lowest BCUT2D eigenvalue weighted by Crippen LogP contribution is -2.08. The zero-order valence-electron chi connectivity index (χ0n) is 12.5. The Balaban J connectivity index is 1.92. The highest BCUT2D eigenvalue weighted by Crippen LogP contribution is 2.26. The second kappa shape index (κ2) is 5.79. The van der Waals surface area contributed by atoms with Crippen LogP contribution in [0.2, 0.25) is 0 Å². The molecular weight excluding hydrogens is 284 g/mol. The van der Waals surface area contributed by atoms with Gasteiger partial charge in [0.25, 0.3) is 0 Å². The molecule has 0 amide bonds. The van der Waals surface area contributed by atoms with Crippen LogP contribution in [-0.4, -0.2) is 4.57 Å². The van der Waals surface area contributed by atoms with Crippen LogP contribution in [0.15, 0.2) is 48.5 Å². The predicted molar refractivity (Wildman–Crippen MR) is 83.0 cm³/mol. The largest absolute Gasteiger partial charge is 0.487 e. The fourth-order valence-corrected chi connectivity index (χ4v) is 2.66. The molecule has 0 saturated carbocycles. The summed E-state index contributed by atoms with van der Waals surface area (Å²) < 4.78 is 34.2. The highest BCUT2D eigenvalue weighted by Gasteiger charge is 2.12. The van der Waals surface area contributed by atoms with E-state index in [-0.39, 0.29) is 17.7 Å². The van der Waals surface area contributed by atoms with Gasteiger partial charge in [0.2, 0.25) is 0 Å². The molecule has 0 fully saturated rings. The average molecular weight is 301 g/mol. The number of ether oxygens (including phenoxy) is 1. The van der Waals surface area contributed by atoms with Crippen LogP contribution in [0.1, 0.15) is 25.6 Å². The van der Waals surface area contributed by atoms with E-state index in [2.05, 4.69) is 4.57 Å². The van der Waals surface area contributed by atoms with Gasteiger partial charge in [0.05, 0.1) is 11.2 Å². The van der Waals surface area contributed by atoms with Crippen LogP contribution in [0.25, 0.3) is 10.9 Å². The van der Waals surface area contributed by atoms with Crippen molar-refractivity contribution in [2.45, 2.75) is 26.5 Å². The standard InChI is InChI=1S/C18H17F2NO/c1-12(2)21-16(9-13-3-4-15(20)10-18(13)21)11-22-17-7-5-14(19)6-8-17/h3-10,12H,11H2,1-2H3. The molecule has 0 radical (unpaired) electrons. The van der Waals surface area contributed by atoms with Crippen molar-refractivity contribution in [1.82, 2.24) is 4.57 Å². The van der Waals surface area contributed by atoms with Crippen LogP contribution in [-0.2, 0) is 6.61 Å². The lowest BCUT2D eigenvalue weighted by molar-refractivity contribution is 0.292. The Morgan fingerprint density at radius 2 is 1.64 bits per heavy atom. The molecule has 0 aliphatic rings. The molecule has 0 aliphatic heterocycles. The van der Waals surface area contributed by atoms with Crippen molar-refractivity contribution >= 4 is 10.9 Å². The summed E-state index contributed by atoms with van der Waals surface area (Å²) in [7, 11) is 0. The summed E-state index contributed by atoms with van der Waals surface area (Å²) >= 11 is 0. The molecule has 0 spiro atoms. The molecule has 1 aromatic heterocycles. The lowest BCUT2D eigenvalue weighted by Gasteiger charge is -2.15. The minimum Gasteiger partial charge on any atom is -0.487 e. The molecule has 0 saturated heterocycles. The van der Waals surface area contributed by atoms with Gasteiger partial charge in [-0.2, -0.15) is 0 Å². The first-order chi connectivity index (χ1) is 10.5. The monoisotopic (exact) mass is 301 g/mol. The van der Waals surface area contributed by atoms with E-state index in [1.165, 1.54) is 24.3 Å². The molecule has 0 unspecified atom stereocenters. The number of fused-ring (bicyclic) bond motifs is 1. The number of hydrogen-bond donors (Lipinski definition) is 0. The molecule has 3 aromatic rings. The number of aromatic nitrogens is 1. The molecule has 114 valence electrons. The van der Waals surface area contributed by atoms with Crippen molar-refractivity contribution in [3.8, 4) is 5.75 Å². The first-order valence-corrected chi connectivity index (χ1v) is 7.22. The normalized spacial score (nSPS) is 11.3. The van der Waals surface area contributed by atoms with Crippen LogP contribution in [0, 0.1) is 11.6 Å². The number of benzene rings is 2. The van der Waals surface area contributed by atoms with Crippen LogP contribution < -0.4 is 4.74 Å². The highest BCUT2D eigenvalue weighted by atomic mass is 19.1. The molecule has 0 atom stereocenters. The van der Waals surface area contributed by atoms with Gasteiger partial charge in [0.1, 0.15) is 24.0 Å². The molecule has 0 N–H and O–H groups in total. The third-order valence-electron chi connectivity index (χ3n) is 3.60. The van der Waals surface area contributed by atoms with Gasteiger partial charge in [0, 0.05) is 11.4 Å². The zero-order valence-corrected chi connectivity index (χ0v) is 12.5. The number of rotatable bonds is 4. The van der Waals surface area contributed by atoms with Crippen molar-refractivity contribution in [3.05, 3.63) is 65.9 Å². The minimum atomic E-state index is -0.292. The summed E-state index contributed by atoms with van der Waals surface area (Å²) in [5.41, 5.74) is 1.81. The second-order valence-corrected chi connectivity index (χ2v) is 5.55. The summed E-state index contributed by atoms with van der Waals surface area (Å²) in [5, 5.41) is 0.979. The topological polar surface area (TPSA) is 14.2 Å². The maximum Gasteiger partial charge on any atom is 0.128 e. The number of halogens is 2. The van der Waals surface area contributed by atoms with Gasteiger partial charge in [-0.3, -0.25) is 0 Å². The Kier molecular flexibility index (Phi) is 3.84. The molecule has 2 aromatic carbocycles. The summed E-state index contributed by atoms with van der Waals surface area (Å²) in [6, 6.07) is 12.9. The summed E-state index contributed by atoms with van der Waals surface area (Å²) in [5.74, 6) is 0.0609. The Morgan fingerprint density at radius 3 is 2.32 bits per heavy atom.